The molecule has 4 aromatic rings. The first-order chi connectivity index (χ1) is 14.9. The summed E-state index contributed by atoms with van der Waals surface area (Å²) in [5.41, 5.74) is 1.26. The standard InChI is InChI=1S/C21H14BrN3O5S/c1-29-17-10-14(25(27)28)11-18-20(17)24-21(31-18)23-19(26)9-7-15-6-8-16(30-15)12-2-4-13(22)5-3-12/h2-11H,1H3,(H,23,24,26)/b9-7+. The third kappa shape index (κ3) is 4.65. The molecule has 156 valence electrons. The highest BCUT2D eigenvalue weighted by atomic mass is 79.9. The Balaban J connectivity index is 1.48. The van der Waals surface area contributed by atoms with Crippen molar-refractivity contribution in [2.75, 3.05) is 12.4 Å². The van der Waals surface area contributed by atoms with Crippen molar-refractivity contribution in [1.82, 2.24) is 4.98 Å². The lowest BCUT2D eigenvalue weighted by atomic mass is 10.2. The maximum atomic E-state index is 12.3. The number of non-ortho nitro benzene ring substituents is 1. The minimum Gasteiger partial charge on any atom is -0.494 e. The van der Waals surface area contributed by atoms with Crippen LogP contribution in [0.25, 0.3) is 27.6 Å². The zero-order chi connectivity index (χ0) is 22.0. The summed E-state index contributed by atoms with van der Waals surface area (Å²) in [4.78, 5) is 27.2. The molecule has 0 spiro atoms. The molecule has 0 radical (unpaired) electrons. The number of nitrogens with zero attached hydrogens (tertiary/aromatic N) is 2. The van der Waals surface area contributed by atoms with Gasteiger partial charge in [-0.25, -0.2) is 4.98 Å². The lowest BCUT2D eigenvalue weighted by Crippen LogP contribution is -2.07. The first-order valence-corrected chi connectivity index (χ1v) is 10.5. The average Bonchev–Trinajstić information content (AvgIpc) is 3.38. The second-order valence-corrected chi connectivity index (χ2v) is 8.25. The fraction of sp³-hybridized carbons (Fsp3) is 0.0476. The van der Waals surface area contributed by atoms with Gasteiger partial charge in [-0.1, -0.05) is 39.4 Å². The van der Waals surface area contributed by atoms with E-state index in [1.165, 1.54) is 25.3 Å². The normalized spacial score (nSPS) is 11.2. The lowest BCUT2D eigenvalue weighted by molar-refractivity contribution is -0.384. The van der Waals surface area contributed by atoms with Gasteiger partial charge in [-0.15, -0.1) is 0 Å². The van der Waals surface area contributed by atoms with Crippen molar-refractivity contribution in [2.45, 2.75) is 0 Å². The van der Waals surface area contributed by atoms with Crippen LogP contribution < -0.4 is 10.1 Å². The molecule has 2 aromatic carbocycles. The van der Waals surface area contributed by atoms with Crippen LogP contribution in [0.2, 0.25) is 0 Å². The number of thiazole rings is 1. The van der Waals surface area contributed by atoms with Crippen molar-refractivity contribution in [3.8, 4) is 17.1 Å². The Bertz CT molecular complexity index is 1310. The summed E-state index contributed by atoms with van der Waals surface area (Å²) in [6.07, 6.45) is 2.88. The number of methoxy groups -OCH3 is 1. The van der Waals surface area contributed by atoms with Gasteiger partial charge in [-0.2, -0.15) is 0 Å². The molecular weight excluding hydrogens is 486 g/mol. The molecule has 31 heavy (non-hydrogen) atoms. The van der Waals surface area contributed by atoms with Gasteiger partial charge in [0, 0.05) is 22.2 Å². The number of benzene rings is 2. The lowest BCUT2D eigenvalue weighted by Gasteiger charge is -1.99. The minimum absolute atomic E-state index is 0.106. The quantitative estimate of drug-likeness (QED) is 0.201. The molecule has 0 fully saturated rings. The smallest absolute Gasteiger partial charge is 0.274 e. The van der Waals surface area contributed by atoms with Gasteiger partial charge in [-0.05, 0) is 30.3 Å². The summed E-state index contributed by atoms with van der Waals surface area (Å²) in [6, 6.07) is 14.0. The molecule has 0 atom stereocenters. The van der Waals surface area contributed by atoms with Crippen molar-refractivity contribution in [3.05, 3.63) is 75.0 Å². The van der Waals surface area contributed by atoms with Gasteiger partial charge in [0.05, 0.1) is 22.8 Å². The van der Waals surface area contributed by atoms with E-state index < -0.39 is 10.8 Å². The fourth-order valence-electron chi connectivity index (χ4n) is 2.82. The number of anilines is 1. The Kier molecular flexibility index (Phi) is 5.83. The molecule has 1 amide bonds. The van der Waals surface area contributed by atoms with Gasteiger partial charge >= 0.3 is 0 Å². The van der Waals surface area contributed by atoms with E-state index in [-0.39, 0.29) is 11.4 Å². The highest BCUT2D eigenvalue weighted by Gasteiger charge is 2.17. The minimum atomic E-state index is -0.505. The number of nitrogens with one attached hydrogen (secondary N) is 1. The predicted octanol–water partition coefficient (Wildman–Crippen LogP) is 5.89. The summed E-state index contributed by atoms with van der Waals surface area (Å²) in [5, 5.41) is 14.0. The van der Waals surface area contributed by atoms with Crippen LogP contribution in [-0.2, 0) is 4.79 Å². The van der Waals surface area contributed by atoms with E-state index in [2.05, 4.69) is 26.2 Å². The van der Waals surface area contributed by atoms with Gasteiger partial charge < -0.3 is 9.15 Å². The second kappa shape index (κ2) is 8.70. The monoisotopic (exact) mass is 499 g/mol. The molecule has 8 nitrogen and oxygen atoms in total. The van der Waals surface area contributed by atoms with Gasteiger partial charge in [0.25, 0.3) is 5.69 Å². The first-order valence-electron chi connectivity index (χ1n) is 8.91. The highest BCUT2D eigenvalue weighted by Crippen LogP contribution is 2.36. The van der Waals surface area contributed by atoms with Crippen LogP contribution in [0.5, 0.6) is 5.75 Å². The number of nitro benzene ring substituents is 1. The highest BCUT2D eigenvalue weighted by molar-refractivity contribution is 9.10. The van der Waals surface area contributed by atoms with Gasteiger partial charge in [0.2, 0.25) is 5.91 Å². The maximum Gasteiger partial charge on any atom is 0.274 e. The molecule has 0 unspecified atom stereocenters. The molecule has 2 heterocycles. The SMILES string of the molecule is COc1cc([N+](=O)[O-])cc2sc(NC(=O)/C=C/c3ccc(-c4ccc(Br)cc4)o3)nc12. The predicted molar refractivity (Wildman–Crippen MR) is 122 cm³/mol. The Morgan fingerprint density at radius 2 is 2.03 bits per heavy atom. The summed E-state index contributed by atoms with van der Waals surface area (Å²) >= 11 is 4.51. The molecule has 0 aliphatic heterocycles. The van der Waals surface area contributed by atoms with E-state index in [0.717, 1.165) is 21.4 Å². The molecule has 0 aliphatic rings. The number of carbonyl (C=O) groups is 1. The van der Waals surface area contributed by atoms with E-state index in [4.69, 9.17) is 9.15 Å². The Labute approximate surface area is 188 Å². The summed E-state index contributed by atoms with van der Waals surface area (Å²) in [5.74, 6) is 1.07. The van der Waals surface area contributed by atoms with Crippen LogP contribution in [-0.4, -0.2) is 22.9 Å². The van der Waals surface area contributed by atoms with Crippen LogP contribution >= 0.6 is 27.3 Å². The number of amides is 1. The van der Waals surface area contributed by atoms with Crippen LogP contribution in [0, 0.1) is 10.1 Å². The molecule has 10 heteroatoms. The van der Waals surface area contributed by atoms with Gasteiger partial charge in [-0.3, -0.25) is 20.2 Å². The summed E-state index contributed by atoms with van der Waals surface area (Å²) in [7, 11) is 1.41. The van der Waals surface area contributed by atoms with E-state index in [9.17, 15) is 14.9 Å². The number of aromatic nitrogens is 1. The number of carbonyl (C=O) groups excluding carboxylic acids is 1. The van der Waals surface area contributed by atoms with E-state index in [0.29, 0.717) is 26.9 Å². The average molecular weight is 500 g/mol. The van der Waals surface area contributed by atoms with Crippen molar-refractivity contribution in [2.24, 2.45) is 0 Å². The Morgan fingerprint density at radius 1 is 1.26 bits per heavy atom. The number of nitro groups is 1. The molecule has 4 rings (SSSR count). The zero-order valence-electron chi connectivity index (χ0n) is 16.0. The van der Waals surface area contributed by atoms with Gasteiger partial charge in [0.1, 0.15) is 17.0 Å². The van der Waals surface area contributed by atoms with Gasteiger partial charge in [0.15, 0.2) is 10.9 Å². The molecule has 0 saturated carbocycles. The van der Waals surface area contributed by atoms with Crippen molar-refractivity contribution in [1.29, 1.82) is 0 Å². The number of hydrogen-bond donors (Lipinski definition) is 1. The zero-order valence-corrected chi connectivity index (χ0v) is 18.4. The third-order valence-electron chi connectivity index (χ3n) is 4.26. The van der Waals surface area contributed by atoms with Crippen molar-refractivity contribution < 1.29 is 18.9 Å². The van der Waals surface area contributed by atoms with Crippen LogP contribution in [0.3, 0.4) is 0 Å². The number of fused-ring (bicyclic) bond motifs is 1. The molecular formula is C21H14BrN3O5S. The molecule has 0 saturated heterocycles. The Morgan fingerprint density at radius 3 is 2.74 bits per heavy atom. The number of furan rings is 1. The van der Waals surface area contributed by atoms with E-state index in [1.54, 1.807) is 12.1 Å². The summed E-state index contributed by atoms with van der Waals surface area (Å²) < 4.78 is 12.4. The topological polar surface area (TPSA) is 108 Å². The summed E-state index contributed by atoms with van der Waals surface area (Å²) in [6.45, 7) is 0. The van der Waals surface area contributed by atoms with Crippen molar-refractivity contribution in [3.63, 3.8) is 0 Å². The van der Waals surface area contributed by atoms with Crippen molar-refractivity contribution >= 4 is 60.3 Å². The second-order valence-electron chi connectivity index (χ2n) is 6.30. The van der Waals surface area contributed by atoms with Crippen LogP contribution in [0.4, 0.5) is 10.8 Å². The van der Waals surface area contributed by atoms with E-state index in [1.807, 2.05) is 30.3 Å². The maximum absolute atomic E-state index is 12.3. The molecule has 1 N–H and O–H groups in total. The number of ether oxygens (including phenoxy) is 1. The number of rotatable bonds is 6. The Hall–Kier alpha value is -3.50. The third-order valence-corrected chi connectivity index (χ3v) is 5.71. The first kappa shape index (κ1) is 20.8. The largest absolute Gasteiger partial charge is 0.494 e. The molecule has 0 bridgehead atoms. The number of halogens is 1. The van der Waals surface area contributed by atoms with E-state index >= 15 is 0 Å². The molecule has 0 aliphatic carbocycles. The van der Waals surface area contributed by atoms with Crippen LogP contribution in [0.1, 0.15) is 5.76 Å². The number of hydrogen-bond acceptors (Lipinski definition) is 7. The molecule has 2 aromatic heterocycles. The van der Waals surface area contributed by atoms with Crippen LogP contribution in [0.15, 0.2) is 63.5 Å². The fourth-order valence-corrected chi connectivity index (χ4v) is 4.00.